The van der Waals surface area contributed by atoms with E-state index in [1.165, 1.54) is 19.1 Å². The summed E-state index contributed by atoms with van der Waals surface area (Å²) in [6.07, 6.45) is -4.39. The first-order valence-electron chi connectivity index (χ1n) is 6.44. The molecular weight excluding hydrogens is 295 g/mol. The number of fused-ring (bicyclic) bond motifs is 1. The number of nitrogens with zero attached hydrogens (tertiary/aromatic N) is 1. The summed E-state index contributed by atoms with van der Waals surface area (Å²) in [5.41, 5.74) is 0.895. The fourth-order valence-corrected chi connectivity index (χ4v) is 2.15. The smallest absolute Gasteiger partial charge is 0.416 e. The van der Waals surface area contributed by atoms with Crippen molar-refractivity contribution in [1.29, 1.82) is 0 Å². The Balaban J connectivity index is 2.07. The molecule has 0 aliphatic heterocycles. The highest BCUT2D eigenvalue weighted by Gasteiger charge is 2.30. The van der Waals surface area contributed by atoms with Crippen molar-refractivity contribution in [2.75, 3.05) is 0 Å². The zero-order chi connectivity index (χ0) is 15.9. The number of Topliss-reactive ketones (excluding diaryl/α,β-unsaturated/α-hetero) is 1. The van der Waals surface area contributed by atoms with Gasteiger partial charge in [-0.05, 0) is 43.3 Å². The molecule has 0 amide bonds. The third-order valence-corrected chi connectivity index (χ3v) is 3.25. The lowest BCUT2D eigenvalue weighted by molar-refractivity contribution is -0.137. The van der Waals surface area contributed by atoms with Crippen LogP contribution in [0.25, 0.3) is 22.6 Å². The van der Waals surface area contributed by atoms with Crippen LogP contribution in [0.1, 0.15) is 22.8 Å². The van der Waals surface area contributed by atoms with Crippen LogP contribution in [0.4, 0.5) is 13.2 Å². The molecule has 0 N–H and O–H groups in total. The first-order valence-corrected chi connectivity index (χ1v) is 6.44. The maximum absolute atomic E-state index is 12.6. The minimum atomic E-state index is -4.39. The van der Waals surface area contributed by atoms with Gasteiger partial charge in [-0.3, -0.25) is 4.79 Å². The molecule has 0 fully saturated rings. The van der Waals surface area contributed by atoms with Crippen LogP contribution >= 0.6 is 0 Å². The normalized spacial score (nSPS) is 11.8. The maximum atomic E-state index is 12.6. The first kappa shape index (κ1) is 14.3. The van der Waals surface area contributed by atoms with Crippen LogP contribution in [0.2, 0.25) is 0 Å². The van der Waals surface area contributed by atoms with E-state index in [4.69, 9.17) is 4.42 Å². The van der Waals surface area contributed by atoms with Gasteiger partial charge in [0.2, 0.25) is 5.89 Å². The van der Waals surface area contributed by atoms with Crippen LogP contribution < -0.4 is 0 Å². The number of alkyl halides is 3. The Morgan fingerprint density at radius 1 is 1.09 bits per heavy atom. The van der Waals surface area contributed by atoms with Crippen LogP contribution in [0, 0.1) is 0 Å². The summed E-state index contributed by atoms with van der Waals surface area (Å²) < 4.78 is 43.2. The number of oxazole rings is 1. The van der Waals surface area contributed by atoms with E-state index < -0.39 is 11.7 Å². The average molecular weight is 305 g/mol. The number of hydrogen-bond donors (Lipinski definition) is 0. The number of carbonyl (C=O) groups is 1. The highest BCUT2D eigenvalue weighted by molar-refractivity contribution is 6.04. The largest absolute Gasteiger partial charge is 0.435 e. The number of aromatic nitrogens is 1. The molecule has 6 heteroatoms. The Labute approximate surface area is 123 Å². The van der Waals surface area contributed by atoms with Crippen LogP contribution in [-0.2, 0) is 6.18 Å². The summed E-state index contributed by atoms with van der Waals surface area (Å²) in [5.74, 6) is 0.0122. The SMILES string of the molecule is CC(=O)c1cccc2nc(-c3ccc(C(F)(F)F)cc3)oc12. The number of halogens is 3. The molecule has 1 aromatic heterocycles. The van der Waals surface area contributed by atoms with Crippen molar-refractivity contribution in [2.45, 2.75) is 13.1 Å². The molecule has 3 nitrogen and oxygen atoms in total. The number of rotatable bonds is 2. The topological polar surface area (TPSA) is 43.1 Å². The molecule has 0 atom stereocenters. The molecule has 1 heterocycles. The number of ketones is 1. The van der Waals surface area contributed by atoms with E-state index in [-0.39, 0.29) is 11.7 Å². The van der Waals surface area contributed by atoms with E-state index >= 15 is 0 Å². The van der Waals surface area contributed by atoms with Crippen molar-refractivity contribution in [3.8, 4) is 11.5 Å². The van der Waals surface area contributed by atoms with E-state index in [9.17, 15) is 18.0 Å². The fourth-order valence-electron chi connectivity index (χ4n) is 2.15. The Bertz CT molecular complexity index is 848. The molecule has 0 radical (unpaired) electrons. The third-order valence-electron chi connectivity index (χ3n) is 3.25. The van der Waals surface area contributed by atoms with Crippen molar-refractivity contribution in [1.82, 2.24) is 4.98 Å². The molecule has 112 valence electrons. The highest BCUT2D eigenvalue weighted by Crippen LogP contribution is 2.32. The second-order valence-electron chi connectivity index (χ2n) is 4.80. The Morgan fingerprint density at radius 3 is 2.36 bits per heavy atom. The molecule has 0 bridgehead atoms. The zero-order valence-electron chi connectivity index (χ0n) is 11.4. The minimum Gasteiger partial charge on any atom is -0.435 e. The number of carbonyl (C=O) groups excluding carboxylic acids is 1. The lowest BCUT2D eigenvalue weighted by Crippen LogP contribution is -2.03. The zero-order valence-corrected chi connectivity index (χ0v) is 11.4. The molecule has 22 heavy (non-hydrogen) atoms. The summed E-state index contributed by atoms with van der Waals surface area (Å²) in [5, 5.41) is 0. The van der Waals surface area contributed by atoms with E-state index in [1.54, 1.807) is 18.2 Å². The van der Waals surface area contributed by atoms with Gasteiger partial charge < -0.3 is 4.42 Å². The van der Waals surface area contributed by atoms with Crippen molar-refractivity contribution in [2.24, 2.45) is 0 Å². The number of hydrogen-bond acceptors (Lipinski definition) is 3. The van der Waals surface area contributed by atoms with Gasteiger partial charge >= 0.3 is 6.18 Å². The summed E-state index contributed by atoms with van der Waals surface area (Å²) in [7, 11) is 0. The molecule has 3 aromatic rings. The first-order chi connectivity index (χ1) is 10.4. The number of benzene rings is 2. The van der Waals surface area contributed by atoms with Crippen LogP contribution in [0.3, 0.4) is 0 Å². The van der Waals surface area contributed by atoms with E-state index in [0.29, 0.717) is 22.2 Å². The lowest BCUT2D eigenvalue weighted by Gasteiger charge is -2.05. The van der Waals surface area contributed by atoms with Crippen LogP contribution in [-0.4, -0.2) is 10.8 Å². The number of para-hydroxylation sites is 1. The average Bonchev–Trinajstić information content (AvgIpc) is 2.90. The van der Waals surface area contributed by atoms with Gasteiger partial charge in [0.05, 0.1) is 11.1 Å². The second kappa shape index (κ2) is 4.98. The third kappa shape index (κ3) is 2.47. The Morgan fingerprint density at radius 2 is 1.77 bits per heavy atom. The predicted molar refractivity (Wildman–Crippen MR) is 74.5 cm³/mol. The van der Waals surface area contributed by atoms with Crippen molar-refractivity contribution >= 4 is 16.9 Å². The van der Waals surface area contributed by atoms with E-state index in [2.05, 4.69) is 4.98 Å². The molecule has 0 aliphatic rings. The maximum Gasteiger partial charge on any atom is 0.416 e. The van der Waals surface area contributed by atoms with Gasteiger partial charge in [0.15, 0.2) is 11.4 Å². The van der Waals surface area contributed by atoms with E-state index in [0.717, 1.165) is 12.1 Å². The Kier molecular flexibility index (Phi) is 3.24. The van der Waals surface area contributed by atoms with Gasteiger partial charge in [0, 0.05) is 5.56 Å². The molecule has 3 rings (SSSR count). The molecule has 0 spiro atoms. The van der Waals surface area contributed by atoms with Crippen LogP contribution in [0.5, 0.6) is 0 Å². The Hall–Kier alpha value is -2.63. The minimum absolute atomic E-state index is 0.166. The van der Waals surface area contributed by atoms with Crippen molar-refractivity contribution in [3.63, 3.8) is 0 Å². The van der Waals surface area contributed by atoms with Gasteiger partial charge in [-0.1, -0.05) is 6.07 Å². The highest BCUT2D eigenvalue weighted by atomic mass is 19.4. The molecule has 0 unspecified atom stereocenters. The van der Waals surface area contributed by atoms with Crippen molar-refractivity contribution in [3.05, 3.63) is 53.6 Å². The summed E-state index contributed by atoms with van der Waals surface area (Å²) in [4.78, 5) is 15.8. The molecule has 0 saturated carbocycles. The standard InChI is InChI=1S/C16H10F3NO2/c1-9(21)12-3-2-4-13-14(12)22-15(20-13)10-5-7-11(8-6-10)16(17,18)19/h2-8H,1H3. The van der Waals surface area contributed by atoms with Gasteiger partial charge in [-0.2, -0.15) is 13.2 Å². The van der Waals surface area contributed by atoms with Gasteiger partial charge in [0.25, 0.3) is 0 Å². The van der Waals surface area contributed by atoms with Gasteiger partial charge in [0.1, 0.15) is 5.52 Å². The molecule has 2 aromatic carbocycles. The second-order valence-corrected chi connectivity index (χ2v) is 4.80. The summed E-state index contributed by atoms with van der Waals surface area (Å²) in [6.45, 7) is 1.41. The fraction of sp³-hybridized carbons (Fsp3) is 0.125. The van der Waals surface area contributed by atoms with Crippen LogP contribution in [0.15, 0.2) is 46.9 Å². The van der Waals surface area contributed by atoms with Gasteiger partial charge in [-0.25, -0.2) is 4.98 Å². The molecule has 0 aliphatic carbocycles. The monoisotopic (exact) mass is 305 g/mol. The summed E-state index contributed by atoms with van der Waals surface area (Å²) >= 11 is 0. The molecule has 0 saturated heterocycles. The molecular formula is C16H10F3NO2. The quantitative estimate of drug-likeness (QED) is 0.644. The van der Waals surface area contributed by atoms with E-state index in [1.807, 2.05) is 0 Å². The summed E-state index contributed by atoms with van der Waals surface area (Å²) in [6, 6.07) is 9.50. The van der Waals surface area contributed by atoms with Crippen molar-refractivity contribution < 1.29 is 22.4 Å². The lowest BCUT2D eigenvalue weighted by atomic mass is 10.1. The predicted octanol–water partition coefficient (Wildman–Crippen LogP) is 4.72. The van der Waals surface area contributed by atoms with Gasteiger partial charge in [-0.15, -0.1) is 0 Å².